The van der Waals surface area contributed by atoms with Crippen molar-refractivity contribution in [2.45, 2.75) is 32.5 Å². The highest BCUT2D eigenvalue weighted by molar-refractivity contribution is 5.81. The van der Waals surface area contributed by atoms with E-state index in [2.05, 4.69) is 21.8 Å². The minimum absolute atomic E-state index is 0.176. The quantitative estimate of drug-likeness (QED) is 0.915. The number of hydrogen-bond acceptors (Lipinski definition) is 6. The lowest BCUT2D eigenvalue weighted by molar-refractivity contribution is -0.0534. The third kappa shape index (κ3) is 3.22. The summed E-state index contributed by atoms with van der Waals surface area (Å²) in [6.07, 6.45) is 0.178. The molecule has 1 aromatic carbocycles. The molecule has 0 bridgehead atoms. The van der Waals surface area contributed by atoms with Crippen LogP contribution in [0.4, 0.5) is 0 Å². The first-order chi connectivity index (χ1) is 11.5. The lowest BCUT2D eigenvalue weighted by atomic mass is 10.2. The molecule has 0 amide bonds. The fourth-order valence-electron chi connectivity index (χ4n) is 2.97. The van der Waals surface area contributed by atoms with Gasteiger partial charge in [0.05, 0.1) is 44.4 Å². The summed E-state index contributed by atoms with van der Waals surface area (Å²) in [5.41, 5.74) is 0.422. The number of methoxy groups -OCH3 is 2. The Bertz CT molecular complexity index is 789. The van der Waals surface area contributed by atoms with Crippen LogP contribution < -0.4 is 15.0 Å². The number of nitrogens with zero attached hydrogens (tertiary/aromatic N) is 2. The fourth-order valence-corrected chi connectivity index (χ4v) is 2.97. The van der Waals surface area contributed by atoms with Crippen LogP contribution in [0.2, 0.25) is 0 Å². The van der Waals surface area contributed by atoms with Crippen LogP contribution in [0.25, 0.3) is 10.9 Å². The second-order valence-corrected chi connectivity index (χ2v) is 6.16. The molecule has 2 heterocycles. The van der Waals surface area contributed by atoms with Gasteiger partial charge in [0.2, 0.25) is 0 Å². The van der Waals surface area contributed by atoms with Crippen molar-refractivity contribution in [1.82, 2.24) is 14.9 Å². The van der Waals surface area contributed by atoms with Gasteiger partial charge in [-0.25, -0.2) is 4.98 Å². The number of benzene rings is 1. The van der Waals surface area contributed by atoms with E-state index in [-0.39, 0.29) is 17.7 Å². The van der Waals surface area contributed by atoms with Gasteiger partial charge in [-0.05, 0) is 19.9 Å². The van der Waals surface area contributed by atoms with Crippen molar-refractivity contribution in [3.63, 3.8) is 0 Å². The summed E-state index contributed by atoms with van der Waals surface area (Å²) < 4.78 is 16.2. The van der Waals surface area contributed by atoms with Gasteiger partial charge >= 0.3 is 0 Å². The molecule has 7 nitrogen and oxygen atoms in total. The number of aromatic amines is 1. The van der Waals surface area contributed by atoms with E-state index in [1.807, 2.05) is 6.92 Å². The Hall–Kier alpha value is -2.12. The normalized spacial score (nSPS) is 21.8. The molecule has 1 saturated heterocycles. The molecule has 1 aliphatic rings. The van der Waals surface area contributed by atoms with Gasteiger partial charge in [0.1, 0.15) is 5.82 Å². The summed E-state index contributed by atoms with van der Waals surface area (Å²) >= 11 is 0. The maximum absolute atomic E-state index is 12.4. The Morgan fingerprint density at radius 2 is 2.00 bits per heavy atom. The van der Waals surface area contributed by atoms with Gasteiger partial charge in [-0.1, -0.05) is 0 Å². The predicted octanol–water partition coefficient (Wildman–Crippen LogP) is 1.55. The summed E-state index contributed by atoms with van der Waals surface area (Å²) in [6.45, 7) is 6.23. The standard InChI is InChI=1S/C17H23N3O4/c1-10-9-24-11(2)7-20(10)8-16-18-13-6-15(23-4)14(22-3)5-12(13)17(21)19-16/h5-6,10-11H,7-9H2,1-4H3,(H,18,19,21)/t10-,11+/m1/s1. The fraction of sp³-hybridized carbons (Fsp3) is 0.529. The van der Waals surface area contributed by atoms with Crippen molar-refractivity contribution in [2.75, 3.05) is 27.4 Å². The first-order valence-corrected chi connectivity index (χ1v) is 8.02. The molecule has 24 heavy (non-hydrogen) atoms. The number of fused-ring (bicyclic) bond motifs is 1. The highest BCUT2D eigenvalue weighted by atomic mass is 16.5. The Morgan fingerprint density at radius 1 is 1.29 bits per heavy atom. The van der Waals surface area contributed by atoms with Crippen molar-refractivity contribution >= 4 is 10.9 Å². The van der Waals surface area contributed by atoms with E-state index in [0.717, 1.165) is 6.54 Å². The molecular weight excluding hydrogens is 310 g/mol. The number of nitrogens with one attached hydrogen (secondary N) is 1. The summed E-state index contributed by atoms with van der Waals surface area (Å²) in [4.78, 5) is 22.2. The lowest BCUT2D eigenvalue weighted by Gasteiger charge is -2.36. The summed E-state index contributed by atoms with van der Waals surface area (Å²) in [7, 11) is 3.11. The van der Waals surface area contributed by atoms with Crippen molar-refractivity contribution in [3.05, 3.63) is 28.3 Å². The van der Waals surface area contributed by atoms with E-state index in [9.17, 15) is 4.79 Å². The third-order valence-electron chi connectivity index (χ3n) is 4.35. The molecule has 130 valence electrons. The highest BCUT2D eigenvalue weighted by Crippen LogP contribution is 2.30. The monoisotopic (exact) mass is 333 g/mol. The van der Waals surface area contributed by atoms with E-state index in [0.29, 0.717) is 41.4 Å². The average molecular weight is 333 g/mol. The molecule has 3 rings (SSSR count). The molecule has 1 fully saturated rings. The zero-order chi connectivity index (χ0) is 17.3. The maximum Gasteiger partial charge on any atom is 0.258 e. The second-order valence-electron chi connectivity index (χ2n) is 6.16. The number of ether oxygens (including phenoxy) is 3. The minimum atomic E-state index is -0.176. The van der Waals surface area contributed by atoms with Crippen LogP contribution in [0.3, 0.4) is 0 Å². The van der Waals surface area contributed by atoms with Crippen molar-refractivity contribution < 1.29 is 14.2 Å². The largest absolute Gasteiger partial charge is 0.493 e. The van der Waals surface area contributed by atoms with Crippen molar-refractivity contribution in [1.29, 1.82) is 0 Å². The Balaban J connectivity index is 1.96. The molecular formula is C17H23N3O4. The molecule has 1 aromatic heterocycles. The Morgan fingerprint density at radius 3 is 2.71 bits per heavy atom. The third-order valence-corrected chi connectivity index (χ3v) is 4.35. The SMILES string of the molecule is COc1cc2nc(CN3C[C@H](C)OC[C@H]3C)[nH]c(=O)c2cc1OC. The maximum atomic E-state index is 12.4. The lowest BCUT2D eigenvalue weighted by Crippen LogP contribution is -2.47. The molecule has 0 spiro atoms. The summed E-state index contributed by atoms with van der Waals surface area (Å²) in [6, 6.07) is 3.68. The molecule has 0 saturated carbocycles. The number of hydrogen-bond donors (Lipinski definition) is 1. The van der Waals surface area contributed by atoms with E-state index in [1.54, 1.807) is 26.4 Å². The van der Waals surface area contributed by atoms with Crippen LogP contribution >= 0.6 is 0 Å². The number of H-pyrrole nitrogens is 1. The number of aromatic nitrogens is 2. The molecule has 7 heteroatoms. The minimum Gasteiger partial charge on any atom is -0.493 e. The van der Waals surface area contributed by atoms with E-state index in [4.69, 9.17) is 14.2 Å². The summed E-state index contributed by atoms with van der Waals surface area (Å²) in [5.74, 6) is 1.71. The zero-order valence-corrected chi connectivity index (χ0v) is 14.5. The first kappa shape index (κ1) is 16.7. The first-order valence-electron chi connectivity index (χ1n) is 8.02. The van der Waals surface area contributed by atoms with Gasteiger partial charge in [-0.2, -0.15) is 0 Å². The second kappa shape index (κ2) is 6.78. The van der Waals surface area contributed by atoms with Crippen LogP contribution in [-0.2, 0) is 11.3 Å². The smallest absolute Gasteiger partial charge is 0.258 e. The van der Waals surface area contributed by atoms with Gasteiger partial charge in [0.25, 0.3) is 5.56 Å². The molecule has 0 unspecified atom stereocenters. The van der Waals surface area contributed by atoms with Crippen LogP contribution in [0.1, 0.15) is 19.7 Å². The van der Waals surface area contributed by atoms with Crippen molar-refractivity contribution in [2.24, 2.45) is 0 Å². The van der Waals surface area contributed by atoms with E-state index < -0.39 is 0 Å². The molecule has 0 radical (unpaired) electrons. The van der Waals surface area contributed by atoms with Crippen LogP contribution in [0.5, 0.6) is 11.5 Å². The van der Waals surface area contributed by atoms with E-state index in [1.165, 1.54) is 0 Å². The van der Waals surface area contributed by atoms with Crippen LogP contribution in [-0.4, -0.2) is 54.4 Å². The van der Waals surface area contributed by atoms with Crippen LogP contribution in [0.15, 0.2) is 16.9 Å². The Labute approximate surface area is 140 Å². The molecule has 1 N–H and O–H groups in total. The zero-order valence-electron chi connectivity index (χ0n) is 14.5. The number of morpholine rings is 1. The molecule has 1 aliphatic heterocycles. The highest BCUT2D eigenvalue weighted by Gasteiger charge is 2.24. The van der Waals surface area contributed by atoms with Gasteiger partial charge < -0.3 is 19.2 Å². The summed E-state index contributed by atoms with van der Waals surface area (Å²) in [5, 5.41) is 0.486. The number of rotatable bonds is 4. The average Bonchev–Trinajstić information content (AvgIpc) is 2.57. The predicted molar refractivity (Wildman–Crippen MR) is 90.8 cm³/mol. The van der Waals surface area contributed by atoms with Gasteiger partial charge in [-0.15, -0.1) is 0 Å². The Kier molecular flexibility index (Phi) is 4.73. The van der Waals surface area contributed by atoms with E-state index >= 15 is 0 Å². The van der Waals surface area contributed by atoms with Crippen LogP contribution in [0, 0.1) is 0 Å². The van der Waals surface area contributed by atoms with Gasteiger partial charge in [0.15, 0.2) is 11.5 Å². The van der Waals surface area contributed by atoms with Gasteiger partial charge in [-0.3, -0.25) is 9.69 Å². The van der Waals surface area contributed by atoms with Crippen molar-refractivity contribution in [3.8, 4) is 11.5 Å². The molecule has 0 aliphatic carbocycles. The topological polar surface area (TPSA) is 76.7 Å². The van der Waals surface area contributed by atoms with Gasteiger partial charge in [0, 0.05) is 18.7 Å². The molecule has 2 atom stereocenters. The molecule has 2 aromatic rings.